The molecule has 3 rings (SSSR count). The van der Waals surface area contributed by atoms with Crippen molar-refractivity contribution < 1.29 is 4.79 Å². The van der Waals surface area contributed by atoms with Gasteiger partial charge in [0.15, 0.2) is 5.69 Å². The summed E-state index contributed by atoms with van der Waals surface area (Å²) in [6.07, 6.45) is 5.86. The number of carbonyl (C=O) groups excluding carboxylic acids is 1. The highest BCUT2D eigenvalue weighted by atomic mass is 32.1. The van der Waals surface area contributed by atoms with Gasteiger partial charge in [0.2, 0.25) is 0 Å². The van der Waals surface area contributed by atoms with E-state index in [1.54, 1.807) is 17.6 Å². The van der Waals surface area contributed by atoms with Crippen molar-refractivity contribution >= 4 is 23.5 Å². The van der Waals surface area contributed by atoms with Crippen LogP contribution in [0.1, 0.15) is 60.2 Å². The van der Waals surface area contributed by atoms with E-state index in [1.807, 2.05) is 17.5 Å². The Bertz CT molecular complexity index is 725. The molecule has 0 fully saturated rings. The third kappa shape index (κ3) is 4.12. The number of nitrogens with one attached hydrogen (secondary N) is 2. The smallest absolute Gasteiger partial charge is 0.281 e. The molecule has 0 aromatic carbocycles. The van der Waals surface area contributed by atoms with Crippen molar-refractivity contribution in [3.63, 3.8) is 0 Å². The molecule has 0 aliphatic heterocycles. The lowest BCUT2D eigenvalue weighted by Crippen LogP contribution is -2.24. The van der Waals surface area contributed by atoms with E-state index in [4.69, 9.17) is 0 Å². The van der Waals surface area contributed by atoms with Crippen LogP contribution in [-0.2, 0) is 12.8 Å². The number of aromatic amines is 1. The summed E-state index contributed by atoms with van der Waals surface area (Å²) in [7, 11) is 0. The van der Waals surface area contributed by atoms with Crippen molar-refractivity contribution in [2.24, 2.45) is 16.4 Å². The van der Waals surface area contributed by atoms with Crippen molar-refractivity contribution in [1.82, 2.24) is 15.6 Å². The topological polar surface area (TPSA) is 70.1 Å². The first-order chi connectivity index (χ1) is 11.4. The van der Waals surface area contributed by atoms with E-state index in [9.17, 15) is 4.79 Å². The number of amides is 1. The molecule has 2 aromatic heterocycles. The van der Waals surface area contributed by atoms with Gasteiger partial charge in [-0.15, -0.1) is 11.3 Å². The fraction of sp³-hybridized carbons (Fsp3) is 0.500. The van der Waals surface area contributed by atoms with Crippen LogP contribution in [0.25, 0.3) is 0 Å². The summed E-state index contributed by atoms with van der Waals surface area (Å²) >= 11 is 1.58. The Balaban J connectivity index is 1.67. The number of nitrogens with zero attached hydrogens (tertiary/aromatic N) is 2. The molecule has 5 nitrogen and oxygen atoms in total. The third-order valence-electron chi connectivity index (χ3n) is 4.27. The van der Waals surface area contributed by atoms with Gasteiger partial charge in [-0.25, -0.2) is 5.43 Å². The van der Waals surface area contributed by atoms with Gasteiger partial charge in [0.05, 0.1) is 6.21 Å². The van der Waals surface area contributed by atoms with Crippen LogP contribution in [0.15, 0.2) is 22.6 Å². The van der Waals surface area contributed by atoms with Gasteiger partial charge < -0.3 is 0 Å². The Morgan fingerprint density at radius 3 is 3.08 bits per heavy atom. The molecule has 2 heterocycles. The molecular formula is C18H24N4OS. The lowest BCUT2D eigenvalue weighted by Gasteiger charge is -2.28. The second-order valence-corrected chi connectivity index (χ2v) is 8.60. The molecule has 24 heavy (non-hydrogen) atoms. The van der Waals surface area contributed by atoms with Gasteiger partial charge in [0.25, 0.3) is 5.91 Å². The van der Waals surface area contributed by atoms with Gasteiger partial charge in [0.1, 0.15) is 0 Å². The average molecular weight is 344 g/mol. The summed E-state index contributed by atoms with van der Waals surface area (Å²) in [5.74, 6) is 0.369. The molecule has 0 radical (unpaired) electrons. The predicted octanol–water partition coefficient (Wildman–Crippen LogP) is 3.78. The Morgan fingerprint density at radius 1 is 1.54 bits per heavy atom. The second kappa shape index (κ2) is 6.89. The van der Waals surface area contributed by atoms with Crippen LogP contribution >= 0.6 is 11.3 Å². The standard InChI is InChI=1S/C18H24N4OS/c1-18(2,3)10-12-6-7-15-14(9-12)16(21-20-15)17(23)22-19-11-13-5-4-8-24-13/h4-5,8,11-12H,6-7,9-10H2,1-3H3,(H,20,21)(H,22,23). The molecule has 1 amide bonds. The van der Waals surface area contributed by atoms with Gasteiger partial charge in [-0.2, -0.15) is 10.2 Å². The molecule has 2 N–H and O–H groups in total. The van der Waals surface area contributed by atoms with E-state index >= 15 is 0 Å². The molecule has 0 saturated heterocycles. The molecule has 0 spiro atoms. The highest BCUT2D eigenvalue weighted by Gasteiger charge is 2.28. The zero-order chi connectivity index (χ0) is 17.2. The molecular weight excluding hydrogens is 320 g/mol. The largest absolute Gasteiger partial charge is 0.292 e. The van der Waals surface area contributed by atoms with Crippen molar-refractivity contribution in [1.29, 1.82) is 0 Å². The quantitative estimate of drug-likeness (QED) is 0.654. The Hall–Kier alpha value is -1.95. The fourth-order valence-corrected chi connectivity index (χ4v) is 3.95. The monoisotopic (exact) mass is 344 g/mol. The van der Waals surface area contributed by atoms with Gasteiger partial charge in [-0.3, -0.25) is 9.89 Å². The van der Waals surface area contributed by atoms with Crippen LogP contribution in [0.2, 0.25) is 0 Å². The van der Waals surface area contributed by atoms with Crippen molar-refractivity contribution in [2.45, 2.75) is 46.5 Å². The van der Waals surface area contributed by atoms with Gasteiger partial charge in [-0.05, 0) is 48.5 Å². The fourth-order valence-electron chi connectivity index (χ4n) is 3.37. The van der Waals surface area contributed by atoms with Crippen LogP contribution in [0.5, 0.6) is 0 Å². The van der Waals surface area contributed by atoms with Crippen LogP contribution in [-0.4, -0.2) is 22.3 Å². The highest BCUT2D eigenvalue weighted by molar-refractivity contribution is 7.11. The van der Waals surface area contributed by atoms with Crippen LogP contribution in [0.3, 0.4) is 0 Å². The number of hydrazone groups is 1. The van der Waals surface area contributed by atoms with Crippen molar-refractivity contribution in [2.75, 3.05) is 0 Å². The summed E-state index contributed by atoms with van der Waals surface area (Å²) in [6, 6.07) is 3.90. The van der Waals surface area contributed by atoms with E-state index in [0.717, 1.165) is 41.8 Å². The Kier molecular flexibility index (Phi) is 4.85. The molecule has 128 valence electrons. The predicted molar refractivity (Wildman–Crippen MR) is 97.6 cm³/mol. The zero-order valence-corrected chi connectivity index (χ0v) is 15.2. The van der Waals surface area contributed by atoms with E-state index in [-0.39, 0.29) is 5.91 Å². The lowest BCUT2D eigenvalue weighted by atomic mass is 9.76. The molecule has 6 heteroatoms. The molecule has 1 aliphatic rings. The Labute approximate surface area is 146 Å². The van der Waals surface area contributed by atoms with Gasteiger partial charge in [0, 0.05) is 16.1 Å². The van der Waals surface area contributed by atoms with E-state index in [0.29, 0.717) is 17.0 Å². The first kappa shape index (κ1) is 16.9. The summed E-state index contributed by atoms with van der Waals surface area (Å²) in [4.78, 5) is 13.4. The molecule has 1 atom stereocenters. The van der Waals surface area contributed by atoms with Crippen LogP contribution < -0.4 is 5.43 Å². The van der Waals surface area contributed by atoms with Crippen molar-refractivity contribution in [3.8, 4) is 0 Å². The molecule has 0 saturated carbocycles. The summed E-state index contributed by atoms with van der Waals surface area (Å²) in [5.41, 5.74) is 5.56. The van der Waals surface area contributed by atoms with E-state index in [2.05, 4.69) is 41.5 Å². The number of fused-ring (bicyclic) bond motifs is 1. The first-order valence-electron chi connectivity index (χ1n) is 8.35. The number of H-pyrrole nitrogens is 1. The number of carbonyl (C=O) groups is 1. The summed E-state index contributed by atoms with van der Waals surface area (Å²) < 4.78 is 0. The van der Waals surface area contributed by atoms with Gasteiger partial charge >= 0.3 is 0 Å². The Morgan fingerprint density at radius 2 is 2.38 bits per heavy atom. The number of hydrogen-bond acceptors (Lipinski definition) is 4. The second-order valence-electron chi connectivity index (χ2n) is 7.62. The molecule has 1 unspecified atom stereocenters. The van der Waals surface area contributed by atoms with Crippen LogP contribution in [0.4, 0.5) is 0 Å². The maximum Gasteiger partial charge on any atom is 0.292 e. The van der Waals surface area contributed by atoms with E-state index in [1.165, 1.54) is 0 Å². The lowest BCUT2D eigenvalue weighted by molar-refractivity contribution is 0.0948. The molecule has 1 aliphatic carbocycles. The number of aromatic nitrogens is 2. The summed E-state index contributed by atoms with van der Waals surface area (Å²) in [5, 5.41) is 13.3. The maximum absolute atomic E-state index is 12.4. The average Bonchev–Trinajstić information content (AvgIpc) is 3.14. The van der Waals surface area contributed by atoms with Gasteiger partial charge in [-0.1, -0.05) is 26.8 Å². The minimum absolute atomic E-state index is 0.239. The van der Waals surface area contributed by atoms with E-state index < -0.39 is 0 Å². The highest BCUT2D eigenvalue weighted by Crippen LogP contribution is 2.34. The van der Waals surface area contributed by atoms with Crippen molar-refractivity contribution in [3.05, 3.63) is 39.3 Å². The minimum atomic E-state index is -0.239. The number of aryl methyl sites for hydroxylation is 1. The normalized spacial score (nSPS) is 17.9. The minimum Gasteiger partial charge on any atom is -0.281 e. The number of hydrogen-bond donors (Lipinski definition) is 2. The summed E-state index contributed by atoms with van der Waals surface area (Å²) in [6.45, 7) is 6.81. The first-order valence-corrected chi connectivity index (χ1v) is 9.23. The maximum atomic E-state index is 12.4. The zero-order valence-electron chi connectivity index (χ0n) is 14.4. The third-order valence-corrected chi connectivity index (χ3v) is 5.07. The SMILES string of the molecule is CC(C)(C)CC1CCc2[nH]nc(C(=O)NN=Cc3cccs3)c2C1. The molecule has 2 aromatic rings. The van der Waals surface area contributed by atoms with Crippen LogP contribution in [0, 0.1) is 11.3 Å². The number of thiophene rings is 1. The number of rotatable bonds is 4. The molecule has 0 bridgehead atoms.